The molecule has 2 aromatic rings. The minimum Gasteiger partial charge on any atom is -0.235 e. The van der Waals surface area contributed by atoms with E-state index in [0.29, 0.717) is 5.82 Å². The van der Waals surface area contributed by atoms with Crippen molar-refractivity contribution < 1.29 is 4.39 Å². The van der Waals surface area contributed by atoms with Gasteiger partial charge in [0.15, 0.2) is 5.82 Å². The number of hydrogen-bond donors (Lipinski definition) is 0. The van der Waals surface area contributed by atoms with Crippen LogP contribution in [0.2, 0.25) is 0 Å². The van der Waals surface area contributed by atoms with Crippen LogP contribution in [0.5, 0.6) is 0 Å². The Kier molecular flexibility index (Phi) is 6.02. The molecular formula is C18H20FN3. The molecule has 0 aliphatic rings. The van der Waals surface area contributed by atoms with Crippen LogP contribution in [-0.4, -0.2) is 9.97 Å². The molecule has 3 nitrogen and oxygen atoms in total. The van der Waals surface area contributed by atoms with Crippen LogP contribution in [0.1, 0.15) is 50.2 Å². The summed E-state index contributed by atoms with van der Waals surface area (Å²) >= 11 is 0. The fourth-order valence-electron chi connectivity index (χ4n) is 2.33. The Hall–Kier alpha value is -2.28. The van der Waals surface area contributed by atoms with Crippen molar-refractivity contribution in [3.8, 4) is 17.5 Å². The average Bonchev–Trinajstić information content (AvgIpc) is 2.55. The number of nitriles is 1. The smallest absolute Gasteiger partial charge is 0.234 e. The molecule has 2 rings (SSSR count). The first-order valence-electron chi connectivity index (χ1n) is 7.76. The Balaban J connectivity index is 1.97. The third-order valence-electron chi connectivity index (χ3n) is 3.64. The molecule has 0 spiro atoms. The Morgan fingerprint density at radius 2 is 1.82 bits per heavy atom. The van der Waals surface area contributed by atoms with Crippen molar-refractivity contribution in [1.29, 1.82) is 5.26 Å². The second-order valence-electron chi connectivity index (χ2n) is 5.37. The third-order valence-corrected chi connectivity index (χ3v) is 3.64. The summed E-state index contributed by atoms with van der Waals surface area (Å²) < 4.78 is 13.5. The molecule has 0 bridgehead atoms. The summed E-state index contributed by atoms with van der Waals surface area (Å²) in [6.45, 7) is 2.22. The molecule has 1 heterocycles. The second-order valence-corrected chi connectivity index (χ2v) is 5.37. The lowest BCUT2D eigenvalue weighted by Crippen LogP contribution is -1.96. The highest BCUT2D eigenvalue weighted by atomic mass is 19.1. The van der Waals surface area contributed by atoms with E-state index in [9.17, 15) is 4.39 Å². The monoisotopic (exact) mass is 297 g/mol. The molecular weight excluding hydrogens is 277 g/mol. The van der Waals surface area contributed by atoms with Crippen LogP contribution in [0.25, 0.3) is 11.4 Å². The minimum atomic E-state index is -0.771. The zero-order valence-corrected chi connectivity index (χ0v) is 12.8. The average molecular weight is 297 g/mol. The van der Waals surface area contributed by atoms with Crippen molar-refractivity contribution in [2.45, 2.75) is 45.4 Å². The van der Waals surface area contributed by atoms with E-state index in [1.165, 1.54) is 43.9 Å². The molecule has 0 aliphatic heterocycles. The SMILES string of the molecule is CCCCCCCc1ccc(-c2ncc(C#N)c(F)n2)cc1. The molecule has 0 saturated heterocycles. The van der Waals surface area contributed by atoms with Gasteiger partial charge in [0.25, 0.3) is 0 Å². The van der Waals surface area contributed by atoms with Crippen molar-refractivity contribution >= 4 is 0 Å². The standard InChI is InChI=1S/C18H20FN3/c1-2-3-4-5-6-7-14-8-10-15(11-9-14)18-21-13-16(12-20)17(19)22-18/h8-11,13H,2-7H2,1H3. The molecule has 0 saturated carbocycles. The maximum absolute atomic E-state index is 13.5. The summed E-state index contributed by atoms with van der Waals surface area (Å²) in [6, 6.07) is 9.60. The van der Waals surface area contributed by atoms with E-state index in [4.69, 9.17) is 5.26 Å². The highest BCUT2D eigenvalue weighted by Gasteiger charge is 2.07. The van der Waals surface area contributed by atoms with E-state index in [1.807, 2.05) is 24.3 Å². The van der Waals surface area contributed by atoms with Gasteiger partial charge in [0.05, 0.1) is 6.20 Å². The largest absolute Gasteiger partial charge is 0.235 e. The second kappa shape index (κ2) is 8.23. The van der Waals surface area contributed by atoms with Gasteiger partial charge in [-0.15, -0.1) is 0 Å². The zero-order valence-electron chi connectivity index (χ0n) is 12.8. The molecule has 1 aromatic carbocycles. The number of rotatable bonds is 7. The van der Waals surface area contributed by atoms with Gasteiger partial charge in [-0.05, 0) is 18.4 Å². The third kappa shape index (κ3) is 4.36. The highest BCUT2D eigenvalue weighted by Crippen LogP contribution is 2.18. The Morgan fingerprint density at radius 1 is 1.09 bits per heavy atom. The van der Waals surface area contributed by atoms with Crippen molar-refractivity contribution in [3.05, 3.63) is 47.5 Å². The van der Waals surface area contributed by atoms with Gasteiger partial charge in [-0.1, -0.05) is 56.9 Å². The van der Waals surface area contributed by atoms with Crippen LogP contribution in [0.15, 0.2) is 30.5 Å². The van der Waals surface area contributed by atoms with Crippen LogP contribution in [0, 0.1) is 17.3 Å². The zero-order chi connectivity index (χ0) is 15.8. The lowest BCUT2D eigenvalue weighted by Gasteiger charge is -2.04. The van der Waals surface area contributed by atoms with E-state index in [0.717, 1.165) is 12.0 Å². The van der Waals surface area contributed by atoms with Crippen LogP contribution in [0.3, 0.4) is 0 Å². The van der Waals surface area contributed by atoms with E-state index in [1.54, 1.807) is 6.07 Å². The van der Waals surface area contributed by atoms with Gasteiger partial charge in [-0.2, -0.15) is 14.6 Å². The van der Waals surface area contributed by atoms with Gasteiger partial charge >= 0.3 is 0 Å². The summed E-state index contributed by atoms with van der Waals surface area (Å²) in [7, 11) is 0. The number of aromatic nitrogens is 2. The normalized spacial score (nSPS) is 10.4. The molecule has 4 heteroatoms. The minimum absolute atomic E-state index is 0.132. The van der Waals surface area contributed by atoms with Gasteiger partial charge in [-0.25, -0.2) is 4.98 Å². The first-order chi connectivity index (χ1) is 10.7. The summed E-state index contributed by atoms with van der Waals surface area (Å²) in [5.74, 6) is -0.460. The fourth-order valence-corrected chi connectivity index (χ4v) is 2.33. The van der Waals surface area contributed by atoms with E-state index in [2.05, 4.69) is 16.9 Å². The van der Waals surface area contributed by atoms with Crippen molar-refractivity contribution in [2.75, 3.05) is 0 Å². The molecule has 0 radical (unpaired) electrons. The summed E-state index contributed by atoms with van der Waals surface area (Å²) in [5.41, 5.74) is 1.90. The first-order valence-corrected chi connectivity index (χ1v) is 7.76. The van der Waals surface area contributed by atoms with Gasteiger partial charge in [-0.3, -0.25) is 0 Å². The van der Waals surface area contributed by atoms with Gasteiger partial charge in [0, 0.05) is 5.56 Å². The van der Waals surface area contributed by atoms with E-state index in [-0.39, 0.29) is 5.56 Å². The van der Waals surface area contributed by atoms with Gasteiger partial charge < -0.3 is 0 Å². The number of nitrogens with zero attached hydrogens (tertiary/aromatic N) is 3. The molecule has 0 unspecified atom stereocenters. The van der Waals surface area contributed by atoms with Crippen LogP contribution >= 0.6 is 0 Å². The maximum Gasteiger partial charge on any atom is 0.234 e. The van der Waals surface area contributed by atoms with E-state index >= 15 is 0 Å². The molecule has 22 heavy (non-hydrogen) atoms. The number of hydrogen-bond acceptors (Lipinski definition) is 3. The summed E-state index contributed by atoms with van der Waals surface area (Å²) in [4.78, 5) is 7.77. The molecule has 1 aromatic heterocycles. The topological polar surface area (TPSA) is 49.6 Å². The maximum atomic E-state index is 13.5. The predicted molar refractivity (Wildman–Crippen MR) is 84.6 cm³/mol. The lowest BCUT2D eigenvalue weighted by molar-refractivity contribution is 0.577. The molecule has 0 aliphatic carbocycles. The van der Waals surface area contributed by atoms with Crippen LogP contribution in [-0.2, 0) is 6.42 Å². The van der Waals surface area contributed by atoms with Gasteiger partial charge in [0.2, 0.25) is 5.95 Å². The molecule has 0 N–H and O–H groups in total. The van der Waals surface area contributed by atoms with Crippen molar-refractivity contribution in [3.63, 3.8) is 0 Å². The number of halogens is 1. The van der Waals surface area contributed by atoms with E-state index < -0.39 is 5.95 Å². The molecule has 114 valence electrons. The fraction of sp³-hybridized carbons (Fsp3) is 0.389. The van der Waals surface area contributed by atoms with Crippen LogP contribution in [0.4, 0.5) is 4.39 Å². The quantitative estimate of drug-likeness (QED) is 0.551. The first kappa shape index (κ1) is 16.1. The number of aryl methyl sites for hydroxylation is 1. The Labute approximate surface area is 130 Å². The predicted octanol–water partition coefficient (Wildman–Crippen LogP) is 4.67. The molecule has 0 amide bonds. The Bertz CT molecular complexity index is 644. The number of unbranched alkanes of at least 4 members (excludes halogenated alkanes) is 4. The molecule has 0 fully saturated rings. The summed E-state index contributed by atoms with van der Waals surface area (Å²) in [6.07, 6.45) is 8.61. The Morgan fingerprint density at radius 3 is 2.45 bits per heavy atom. The van der Waals surface area contributed by atoms with Crippen molar-refractivity contribution in [2.24, 2.45) is 0 Å². The summed E-state index contributed by atoms with van der Waals surface area (Å²) in [5, 5.41) is 8.68. The number of benzene rings is 1. The van der Waals surface area contributed by atoms with Crippen LogP contribution < -0.4 is 0 Å². The van der Waals surface area contributed by atoms with Crippen molar-refractivity contribution in [1.82, 2.24) is 9.97 Å². The molecule has 0 atom stereocenters. The van der Waals surface area contributed by atoms with Gasteiger partial charge in [0.1, 0.15) is 11.6 Å². The lowest BCUT2D eigenvalue weighted by atomic mass is 10.0. The highest BCUT2D eigenvalue weighted by molar-refractivity contribution is 5.55.